The summed E-state index contributed by atoms with van der Waals surface area (Å²) in [4.78, 5) is 27.6. The standard InChI is InChI=1S/C21H23Cl2N3O3/c1-29-11-8-24-20(27)17-13-15(5-7-19(17)26-9-2-3-10-26)25-21(28)16-6-4-14(22)12-18(16)23/h4-7,12-13H,2-3,8-11H2,1H3,(H,24,27)(H,25,28). The third kappa shape index (κ3) is 5.41. The molecule has 154 valence electrons. The number of carbonyl (C=O) groups is 2. The van der Waals surface area contributed by atoms with Crippen LogP contribution in [0.15, 0.2) is 36.4 Å². The molecular formula is C21H23Cl2N3O3. The van der Waals surface area contributed by atoms with Gasteiger partial charge in [0.15, 0.2) is 0 Å². The molecule has 3 rings (SSSR count). The number of benzene rings is 2. The van der Waals surface area contributed by atoms with Crippen LogP contribution < -0.4 is 15.5 Å². The maximum Gasteiger partial charge on any atom is 0.257 e. The van der Waals surface area contributed by atoms with Crippen molar-refractivity contribution in [2.24, 2.45) is 0 Å². The highest BCUT2D eigenvalue weighted by Gasteiger charge is 2.21. The van der Waals surface area contributed by atoms with E-state index in [0.717, 1.165) is 31.6 Å². The van der Waals surface area contributed by atoms with Crippen LogP contribution in [-0.4, -0.2) is 45.2 Å². The van der Waals surface area contributed by atoms with E-state index in [1.54, 1.807) is 31.4 Å². The topological polar surface area (TPSA) is 70.7 Å². The summed E-state index contributed by atoms with van der Waals surface area (Å²) < 4.78 is 5.00. The van der Waals surface area contributed by atoms with Gasteiger partial charge >= 0.3 is 0 Å². The van der Waals surface area contributed by atoms with Gasteiger partial charge in [-0.05, 0) is 49.2 Å². The molecule has 0 spiro atoms. The second-order valence-corrected chi connectivity index (χ2v) is 7.60. The van der Waals surface area contributed by atoms with Crippen LogP contribution in [0.25, 0.3) is 0 Å². The molecule has 6 nitrogen and oxygen atoms in total. The highest BCUT2D eigenvalue weighted by molar-refractivity contribution is 6.37. The maximum atomic E-state index is 12.8. The van der Waals surface area contributed by atoms with Crippen molar-refractivity contribution in [3.8, 4) is 0 Å². The summed E-state index contributed by atoms with van der Waals surface area (Å²) in [5.74, 6) is -0.573. The first kappa shape index (κ1) is 21.4. The average Bonchev–Trinajstić information content (AvgIpc) is 3.22. The molecule has 2 aromatic rings. The number of nitrogens with one attached hydrogen (secondary N) is 2. The molecule has 1 aliphatic rings. The van der Waals surface area contributed by atoms with Crippen LogP contribution in [0.3, 0.4) is 0 Å². The Hall–Kier alpha value is -2.28. The lowest BCUT2D eigenvalue weighted by atomic mass is 10.1. The lowest BCUT2D eigenvalue weighted by molar-refractivity contribution is 0.0936. The molecule has 0 aliphatic carbocycles. The largest absolute Gasteiger partial charge is 0.383 e. The highest BCUT2D eigenvalue weighted by Crippen LogP contribution is 2.28. The first-order valence-electron chi connectivity index (χ1n) is 9.42. The van der Waals surface area contributed by atoms with Gasteiger partial charge in [-0.1, -0.05) is 23.2 Å². The van der Waals surface area contributed by atoms with Crippen molar-refractivity contribution in [1.29, 1.82) is 0 Å². The van der Waals surface area contributed by atoms with E-state index in [4.69, 9.17) is 27.9 Å². The molecule has 0 aromatic heterocycles. The number of rotatable bonds is 7. The highest BCUT2D eigenvalue weighted by atomic mass is 35.5. The third-order valence-corrected chi connectivity index (χ3v) is 5.26. The minimum Gasteiger partial charge on any atom is -0.383 e. The third-order valence-electron chi connectivity index (χ3n) is 4.71. The number of nitrogens with zero attached hydrogens (tertiary/aromatic N) is 1. The number of methoxy groups -OCH3 is 1. The number of hydrogen-bond donors (Lipinski definition) is 2. The maximum absolute atomic E-state index is 12.8. The summed E-state index contributed by atoms with van der Waals surface area (Å²) in [6.45, 7) is 2.65. The molecule has 2 amide bonds. The van der Waals surface area contributed by atoms with Gasteiger partial charge < -0.3 is 20.3 Å². The fourth-order valence-electron chi connectivity index (χ4n) is 3.26. The Balaban J connectivity index is 1.84. The molecule has 8 heteroatoms. The van der Waals surface area contributed by atoms with E-state index in [1.807, 2.05) is 6.07 Å². The van der Waals surface area contributed by atoms with Gasteiger partial charge in [0.1, 0.15) is 0 Å². The molecule has 1 fully saturated rings. The normalized spacial score (nSPS) is 13.4. The molecule has 0 unspecified atom stereocenters. The summed E-state index contributed by atoms with van der Waals surface area (Å²) in [5.41, 5.74) is 2.20. The summed E-state index contributed by atoms with van der Waals surface area (Å²) in [6.07, 6.45) is 2.19. The number of halogens is 2. The van der Waals surface area contributed by atoms with Gasteiger partial charge in [-0.2, -0.15) is 0 Å². The summed E-state index contributed by atoms with van der Waals surface area (Å²) in [5, 5.41) is 6.38. The molecule has 1 heterocycles. The molecular weight excluding hydrogens is 413 g/mol. The molecule has 0 saturated carbocycles. The lowest BCUT2D eigenvalue weighted by Gasteiger charge is -2.22. The van der Waals surface area contributed by atoms with Crippen LogP contribution in [0.1, 0.15) is 33.6 Å². The zero-order valence-electron chi connectivity index (χ0n) is 16.1. The van der Waals surface area contributed by atoms with E-state index in [9.17, 15) is 9.59 Å². The summed E-state index contributed by atoms with van der Waals surface area (Å²) in [6, 6.07) is 10.0. The Morgan fingerprint density at radius 2 is 1.79 bits per heavy atom. The van der Waals surface area contributed by atoms with Crippen molar-refractivity contribution in [2.45, 2.75) is 12.8 Å². The molecule has 0 atom stereocenters. The quantitative estimate of drug-likeness (QED) is 0.638. The molecule has 0 bridgehead atoms. The van der Waals surface area contributed by atoms with E-state index in [-0.39, 0.29) is 16.8 Å². The Kier molecular flexibility index (Phi) is 7.36. The molecule has 2 aromatic carbocycles. The number of hydrogen-bond acceptors (Lipinski definition) is 4. The molecule has 1 aliphatic heterocycles. The van der Waals surface area contributed by atoms with Gasteiger partial charge in [0, 0.05) is 43.1 Å². The van der Waals surface area contributed by atoms with Crippen molar-refractivity contribution < 1.29 is 14.3 Å². The fourth-order valence-corrected chi connectivity index (χ4v) is 3.76. The minimum atomic E-state index is -0.369. The van der Waals surface area contributed by atoms with Crippen LogP contribution in [0.4, 0.5) is 11.4 Å². The second kappa shape index (κ2) is 9.96. The van der Waals surface area contributed by atoms with Gasteiger partial charge in [-0.25, -0.2) is 0 Å². The SMILES string of the molecule is COCCNC(=O)c1cc(NC(=O)c2ccc(Cl)cc2Cl)ccc1N1CCCC1. The second-order valence-electron chi connectivity index (χ2n) is 6.75. The Morgan fingerprint density at radius 1 is 1.03 bits per heavy atom. The Bertz CT molecular complexity index is 899. The van der Waals surface area contributed by atoms with Crippen molar-refractivity contribution in [1.82, 2.24) is 5.32 Å². The van der Waals surface area contributed by atoms with Crippen molar-refractivity contribution in [3.63, 3.8) is 0 Å². The van der Waals surface area contributed by atoms with E-state index >= 15 is 0 Å². The predicted octanol–water partition coefficient (Wildman–Crippen LogP) is 4.22. The molecule has 29 heavy (non-hydrogen) atoms. The number of carbonyl (C=O) groups excluding carboxylic acids is 2. The smallest absolute Gasteiger partial charge is 0.257 e. The Labute approximate surface area is 180 Å². The molecule has 0 radical (unpaired) electrons. The predicted molar refractivity (Wildman–Crippen MR) is 117 cm³/mol. The first-order chi connectivity index (χ1) is 14.0. The van der Waals surface area contributed by atoms with Gasteiger partial charge in [-0.3, -0.25) is 9.59 Å². The van der Waals surface area contributed by atoms with Gasteiger partial charge in [-0.15, -0.1) is 0 Å². The molecule has 1 saturated heterocycles. The van der Waals surface area contributed by atoms with Crippen LogP contribution in [0.2, 0.25) is 10.0 Å². The summed E-state index contributed by atoms with van der Waals surface area (Å²) >= 11 is 12.0. The zero-order chi connectivity index (χ0) is 20.8. The van der Waals surface area contributed by atoms with E-state index in [1.165, 1.54) is 6.07 Å². The van der Waals surface area contributed by atoms with Crippen LogP contribution in [0.5, 0.6) is 0 Å². The van der Waals surface area contributed by atoms with E-state index < -0.39 is 0 Å². The van der Waals surface area contributed by atoms with Crippen molar-refractivity contribution >= 4 is 46.4 Å². The van der Waals surface area contributed by atoms with Crippen LogP contribution in [0, 0.1) is 0 Å². The number of ether oxygens (including phenoxy) is 1. The van der Waals surface area contributed by atoms with Gasteiger partial charge in [0.05, 0.1) is 22.8 Å². The minimum absolute atomic E-state index is 0.204. The molecule has 2 N–H and O–H groups in total. The zero-order valence-corrected chi connectivity index (χ0v) is 17.6. The van der Waals surface area contributed by atoms with Crippen LogP contribution in [-0.2, 0) is 4.74 Å². The summed E-state index contributed by atoms with van der Waals surface area (Å²) in [7, 11) is 1.58. The van der Waals surface area contributed by atoms with E-state index in [2.05, 4.69) is 15.5 Å². The first-order valence-corrected chi connectivity index (χ1v) is 10.2. The van der Waals surface area contributed by atoms with Crippen molar-refractivity contribution in [2.75, 3.05) is 43.6 Å². The average molecular weight is 436 g/mol. The van der Waals surface area contributed by atoms with Gasteiger partial charge in [0.2, 0.25) is 0 Å². The fraction of sp³-hybridized carbons (Fsp3) is 0.333. The number of amides is 2. The van der Waals surface area contributed by atoms with Gasteiger partial charge in [0.25, 0.3) is 11.8 Å². The van der Waals surface area contributed by atoms with Crippen LogP contribution >= 0.6 is 23.2 Å². The monoisotopic (exact) mass is 435 g/mol. The van der Waals surface area contributed by atoms with Crippen molar-refractivity contribution in [3.05, 3.63) is 57.6 Å². The lowest BCUT2D eigenvalue weighted by Crippen LogP contribution is -2.30. The Morgan fingerprint density at radius 3 is 2.48 bits per heavy atom. The van der Waals surface area contributed by atoms with E-state index in [0.29, 0.717) is 35.0 Å². The number of anilines is 2.